The van der Waals surface area contributed by atoms with E-state index < -0.39 is 0 Å². The molecule has 9 heteroatoms. The van der Waals surface area contributed by atoms with Gasteiger partial charge in [-0.15, -0.1) is 0 Å². The highest BCUT2D eigenvalue weighted by Crippen LogP contribution is 2.30. The first-order valence-electron chi connectivity index (χ1n) is 12.8. The number of benzene rings is 2. The maximum absolute atomic E-state index is 13.1. The van der Waals surface area contributed by atoms with Gasteiger partial charge < -0.3 is 14.0 Å². The van der Waals surface area contributed by atoms with Gasteiger partial charge in [-0.25, -0.2) is 9.97 Å². The van der Waals surface area contributed by atoms with Crippen LogP contribution in [0.3, 0.4) is 0 Å². The lowest BCUT2D eigenvalue weighted by atomic mass is 9.88. The molecule has 192 valence electrons. The van der Waals surface area contributed by atoms with Crippen molar-refractivity contribution in [3.63, 3.8) is 0 Å². The number of halogens is 1. The van der Waals surface area contributed by atoms with E-state index >= 15 is 0 Å². The standard InChI is InChI=1S/C28H31BrN6O2/c1-33(27(37)20-7-3-2-4-8-20)23-11-12-25-24(18-23)31-28(32-26(36)21-9-5-10-22(29)17-21)35(25)15-6-14-34-16-13-30-19-34/h5,9-13,16-20H,2-4,6-8,14-15H2,1H3,(H,31,32,36). The molecule has 8 nitrogen and oxygen atoms in total. The van der Waals surface area contributed by atoms with Crippen LogP contribution in [0, 0.1) is 5.92 Å². The van der Waals surface area contributed by atoms with Gasteiger partial charge in [0.2, 0.25) is 11.9 Å². The van der Waals surface area contributed by atoms with Crippen molar-refractivity contribution in [3.8, 4) is 0 Å². The predicted molar refractivity (Wildman–Crippen MR) is 149 cm³/mol. The van der Waals surface area contributed by atoms with Crippen molar-refractivity contribution in [1.82, 2.24) is 19.1 Å². The van der Waals surface area contributed by atoms with Gasteiger partial charge in [0.05, 0.1) is 17.4 Å². The number of fused-ring (bicyclic) bond motifs is 1. The summed E-state index contributed by atoms with van der Waals surface area (Å²) in [5.74, 6) is 0.526. The number of anilines is 2. The molecular formula is C28H31BrN6O2. The zero-order chi connectivity index (χ0) is 25.8. The molecule has 1 fully saturated rings. The van der Waals surface area contributed by atoms with Crippen molar-refractivity contribution >= 4 is 50.4 Å². The Balaban J connectivity index is 1.42. The molecule has 1 aliphatic carbocycles. The summed E-state index contributed by atoms with van der Waals surface area (Å²) < 4.78 is 4.90. The van der Waals surface area contributed by atoms with Gasteiger partial charge in [0.15, 0.2) is 0 Å². The third-order valence-corrected chi connectivity index (χ3v) is 7.57. The summed E-state index contributed by atoms with van der Waals surface area (Å²) in [6, 6.07) is 13.2. The van der Waals surface area contributed by atoms with Crippen LogP contribution in [0.2, 0.25) is 0 Å². The first kappa shape index (κ1) is 25.2. The van der Waals surface area contributed by atoms with Gasteiger partial charge in [0.25, 0.3) is 5.91 Å². The van der Waals surface area contributed by atoms with Crippen LogP contribution in [-0.4, -0.2) is 38.0 Å². The highest BCUT2D eigenvalue weighted by molar-refractivity contribution is 9.10. The van der Waals surface area contributed by atoms with Crippen molar-refractivity contribution in [2.75, 3.05) is 17.3 Å². The van der Waals surface area contributed by atoms with E-state index in [1.165, 1.54) is 6.42 Å². The van der Waals surface area contributed by atoms with Crippen LogP contribution in [0.4, 0.5) is 11.6 Å². The average molecular weight is 564 g/mol. The van der Waals surface area contributed by atoms with Crippen LogP contribution in [-0.2, 0) is 17.9 Å². The Morgan fingerprint density at radius 3 is 2.70 bits per heavy atom. The number of rotatable bonds is 8. The fourth-order valence-electron chi connectivity index (χ4n) is 5.03. The summed E-state index contributed by atoms with van der Waals surface area (Å²) in [6.45, 7) is 1.47. The fraction of sp³-hybridized carbons (Fsp3) is 0.357. The molecule has 0 saturated heterocycles. The Morgan fingerprint density at radius 1 is 1.11 bits per heavy atom. The molecule has 0 radical (unpaired) electrons. The van der Waals surface area contributed by atoms with Gasteiger partial charge in [-0.1, -0.05) is 41.3 Å². The van der Waals surface area contributed by atoms with E-state index in [-0.39, 0.29) is 17.7 Å². The van der Waals surface area contributed by atoms with Crippen LogP contribution in [0.1, 0.15) is 48.9 Å². The summed E-state index contributed by atoms with van der Waals surface area (Å²) in [4.78, 5) is 36.8. The SMILES string of the molecule is CN(C(=O)C1CCCCC1)c1ccc2c(c1)nc(NC(=O)c1cccc(Br)c1)n2CCCn1ccnc1. The molecule has 5 rings (SSSR count). The van der Waals surface area contributed by atoms with Gasteiger partial charge >= 0.3 is 0 Å². The van der Waals surface area contributed by atoms with E-state index in [0.29, 0.717) is 18.1 Å². The number of nitrogens with zero attached hydrogens (tertiary/aromatic N) is 5. The Kier molecular flexibility index (Phi) is 7.69. The first-order valence-corrected chi connectivity index (χ1v) is 13.6. The van der Waals surface area contributed by atoms with Gasteiger partial charge in [0, 0.05) is 54.2 Å². The van der Waals surface area contributed by atoms with Crippen molar-refractivity contribution < 1.29 is 9.59 Å². The second kappa shape index (κ2) is 11.3. The van der Waals surface area contributed by atoms with Crippen molar-refractivity contribution in [2.45, 2.75) is 51.6 Å². The lowest BCUT2D eigenvalue weighted by molar-refractivity contribution is -0.123. The Morgan fingerprint density at radius 2 is 1.95 bits per heavy atom. The van der Waals surface area contributed by atoms with Gasteiger partial charge in [-0.3, -0.25) is 14.9 Å². The number of carbonyl (C=O) groups is 2. The summed E-state index contributed by atoms with van der Waals surface area (Å²) in [5.41, 5.74) is 3.02. The normalized spacial score (nSPS) is 14.1. The average Bonchev–Trinajstić information content (AvgIpc) is 3.56. The lowest BCUT2D eigenvalue weighted by Crippen LogP contribution is -2.33. The fourth-order valence-corrected chi connectivity index (χ4v) is 5.43. The van der Waals surface area contributed by atoms with Crippen molar-refractivity contribution in [3.05, 3.63) is 71.2 Å². The molecule has 0 atom stereocenters. The lowest BCUT2D eigenvalue weighted by Gasteiger charge is -2.26. The highest BCUT2D eigenvalue weighted by Gasteiger charge is 2.25. The van der Waals surface area contributed by atoms with Crippen LogP contribution in [0.5, 0.6) is 0 Å². The largest absolute Gasteiger partial charge is 0.337 e. The number of amides is 2. The Labute approximate surface area is 224 Å². The van der Waals surface area contributed by atoms with Crippen LogP contribution in [0.25, 0.3) is 11.0 Å². The number of carbonyl (C=O) groups excluding carboxylic acids is 2. The van der Waals surface area contributed by atoms with E-state index in [4.69, 9.17) is 4.98 Å². The molecule has 0 bridgehead atoms. The summed E-state index contributed by atoms with van der Waals surface area (Å²) in [6.07, 6.45) is 11.7. The minimum Gasteiger partial charge on any atom is -0.337 e. The van der Waals surface area contributed by atoms with E-state index in [0.717, 1.165) is 59.8 Å². The number of hydrogen-bond donors (Lipinski definition) is 1. The van der Waals surface area contributed by atoms with Gasteiger partial charge in [-0.05, 0) is 55.7 Å². The molecule has 2 heterocycles. The molecular weight excluding hydrogens is 532 g/mol. The number of hydrogen-bond acceptors (Lipinski definition) is 4. The molecule has 37 heavy (non-hydrogen) atoms. The van der Waals surface area contributed by atoms with Crippen LogP contribution in [0.15, 0.2) is 65.7 Å². The molecule has 0 aliphatic heterocycles. The van der Waals surface area contributed by atoms with E-state index in [1.807, 2.05) is 52.7 Å². The van der Waals surface area contributed by atoms with Crippen LogP contribution >= 0.6 is 15.9 Å². The minimum absolute atomic E-state index is 0.0928. The number of nitrogens with one attached hydrogen (secondary N) is 1. The van der Waals surface area contributed by atoms with Gasteiger partial charge in [0.1, 0.15) is 0 Å². The minimum atomic E-state index is -0.225. The molecule has 2 aromatic carbocycles. The van der Waals surface area contributed by atoms with Crippen molar-refractivity contribution in [1.29, 1.82) is 0 Å². The third kappa shape index (κ3) is 5.77. The van der Waals surface area contributed by atoms with E-state index in [2.05, 4.69) is 26.2 Å². The zero-order valence-corrected chi connectivity index (χ0v) is 22.5. The second-order valence-corrected chi connectivity index (χ2v) is 10.5. The number of imidazole rings is 2. The smallest absolute Gasteiger partial charge is 0.258 e. The van der Waals surface area contributed by atoms with Gasteiger partial charge in [-0.2, -0.15) is 0 Å². The number of aryl methyl sites for hydroxylation is 2. The third-order valence-electron chi connectivity index (χ3n) is 7.07. The summed E-state index contributed by atoms with van der Waals surface area (Å²) in [5, 5.41) is 3.00. The highest BCUT2D eigenvalue weighted by atomic mass is 79.9. The molecule has 4 aromatic rings. The van der Waals surface area contributed by atoms with Crippen molar-refractivity contribution in [2.24, 2.45) is 5.92 Å². The molecule has 2 amide bonds. The van der Waals surface area contributed by atoms with E-state index in [9.17, 15) is 9.59 Å². The van der Waals surface area contributed by atoms with Crippen LogP contribution < -0.4 is 10.2 Å². The monoisotopic (exact) mass is 562 g/mol. The molecule has 2 aromatic heterocycles. The topological polar surface area (TPSA) is 85.0 Å². The Hall–Kier alpha value is -3.46. The summed E-state index contributed by atoms with van der Waals surface area (Å²) >= 11 is 3.43. The quantitative estimate of drug-likeness (QED) is 0.290. The molecule has 1 aliphatic rings. The summed E-state index contributed by atoms with van der Waals surface area (Å²) in [7, 11) is 1.84. The first-order chi connectivity index (χ1) is 18.0. The molecule has 1 saturated carbocycles. The van der Waals surface area contributed by atoms with E-state index in [1.54, 1.807) is 29.6 Å². The second-order valence-electron chi connectivity index (χ2n) is 9.61. The molecule has 0 unspecified atom stereocenters. The maximum atomic E-state index is 13.1. The predicted octanol–water partition coefficient (Wildman–Crippen LogP) is 5.88. The number of aromatic nitrogens is 4. The Bertz CT molecular complexity index is 1390. The zero-order valence-electron chi connectivity index (χ0n) is 20.9. The molecule has 0 spiro atoms. The molecule has 1 N–H and O–H groups in total. The maximum Gasteiger partial charge on any atom is 0.258 e.